The molecule has 1 aliphatic heterocycles. The smallest absolute Gasteiger partial charge is 0.326 e. The number of para-hydroxylation sites is 1. The van der Waals surface area contributed by atoms with Crippen LogP contribution >= 0.6 is 0 Å². The Labute approximate surface area is 193 Å². The van der Waals surface area contributed by atoms with E-state index >= 15 is 0 Å². The summed E-state index contributed by atoms with van der Waals surface area (Å²) in [7, 11) is 0. The molecule has 2 heterocycles. The van der Waals surface area contributed by atoms with Gasteiger partial charge in [-0.2, -0.15) is 18.3 Å². The Kier molecular flexibility index (Phi) is 6.92. The van der Waals surface area contributed by atoms with Crippen molar-refractivity contribution in [3.8, 4) is 5.69 Å². The van der Waals surface area contributed by atoms with Crippen molar-refractivity contribution >= 4 is 23.2 Å². The number of anilines is 2. The molecule has 0 saturated carbocycles. The number of carbonyl (C=O) groups excluding carboxylic acids is 2. The van der Waals surface area contributed by atoms with Crippen LogP contribution in [0.1, 0.15) is 18.4 Å². The molecule has 1 atom stereocenters. The van der Waals surface area contributed by atoms with Crippen LogP contribution in [-0.2, 0) is 15.8 Å². The molecule has 8 nitrogen and oxygen atoms in total. The van der Waals surface area contributed by atoms with Gasteiger partial charge in [-0.15, -0.1) is 0 Å². The molecule has 0 aliphatic carbocycles. The summed E-state index contributed by atoms with van der Waals surface area (Å²) in [5.74, 6) is -0.895. The third-order valence-corrected chi connectivity index (χ3v) is 5.55. The van der Waals surface area contributed by atoms with E-state index in [-0.39, 0.29) is 29.7 Å². The van der Waals surface area contributed by atoms with Crippen molar-refractivity contribution in [2.45, 2.75) is 19.0 Å². The van der Waals surface area contributed by atoms with Crippen LogP contribution in [-0.4, -0.2) is 51.1 Å². The van der Waals surface area contributed by atoms with Crippen LogP contribution in [0.5, 0.6) is 0 Å². The summed E-state index contributed by atoms with van der Waals surface area (Å²) in [5, 5.41) is 9.40. The van der Waals surface area contributed by atoms with Gasteiger partial charge in [0.15, 0.2) is 0 Å². The Balaban J connectivity index is 1.42. The number of amides is 2. The average molecular weight is 472 g/mol. The number of nitrogens with zero attached hydrogens (tertiary/aromatic N) is 4. The van der Waals surface area contributed by atoms with Crippen LogP contribution in [0.15, 0.2) is 61.2 Å². The summed E-state index contributed by atoms with van der Waals surface area (Å²) >= 11 is 0. The Hall–Kier alpha value is -3.73. The van der Waals surface area contributed by atoms with E-state index in [4.69, 9.17) is 0 Å². The van der Waals surface area contributed by atoms with E-state index in [0.29, 0.717) is 25.2 Å². The van der Waals surface area contributed by atoms with E-state index in [2.05, 4.69) is 20.7 Å². The first-order chi connectivity index (χ1) is 16.3. The third kappa shape index (κ3) is 5.79. The van der Waals surface area contributed by atoms with Crippen molar-refractivity contribution in [3.63, 3.8) is 0 Å². The lowest BCUT2D eigenvalue weighted by Gasteiger charge is -2.31. The van der Waals surface area contributed by atoms with Crippen molar-refractivity contribution in [2.24, 2.45) is 5.92 Å². The molecule has 2 N–H and O–H groups in total. The zero-order valence-corrected chi connectivity index (χ0v) is 18.1. The number of halogens is 3. The summed E-state index contributed by atoms with van der Waals surface area (Å²) in [5.41, 5.74) is 0.0492. The maximum atomic E-state index is 13.2. The van der Waals surface area contributed by atoms with Crippen molar-refractivity contribution in [2.75, 3.05) is 30.3 Å². The number of carbonyl (C=O) groups is 2. The van der Waals surface area contributed by atoms with Gasteiger partial charge in [-0.25, -0.2) is 9.67 Å². The van der Waals surface area contributed by atoms with Gasteiger partial charge in [0.25, 0.3) is 0 Å². The molecule has 4 rings (SSSR count). The number of likely N-dealkylation sites (tertiary alicyclic amines) is 1. The molecule has 1 aliphatic rings. The van der Waals surface area contributed by atoms with E-state index in [1.165, 1.54) is 23.4 Å². The first-order valence-corrected chi connectivity index (χ1v) is 10.7. The number of alkyl halides is 3. The molecule has 0 bridgehead atoms. The van der Waals surface area contributed by atoms with E-state index in [1.54, 1.807) is 12.1 Å². The highest BCUT2D eigenvalue weighted by molar-refractivity contribution is 5.95. The van der Waals surface area contributed by atoms with Gasteiger partial charge in [0, 0.05) is 12.2 Å². The Bertz CT molecular complexity index is 1140. The quantitative estimate of drug-likeness (QED) is 0.572. The highest BCUT2D eigenvalue weighted by atomic mass is 19.4. The molecule has 1 unspecified atom stereocenters. The van der Waals surface area contributed by atoms with E-state index in [9.17, 15) is 22.8 Å². The van der Waals surface area contributed by atoms with E-state index in [0.717, 1.165) is 18.6 Å². The first-order valence-electron chi connectivity index (χ1n) is 10.7. The van der Waals surface area contributed by atoms with Crippen LogP contribution in [0.2, 0.25) is 0 Å². The predicted octanol–water partition coefficient (Wildman–Crippen LogP) is 3.58. The number of hydrogen-bond acceptors (Lipinski definition) is 5. The van der Waals surface area contributed by atoms with Crippen molar-refractivity contribution < 1.29 is 22.8 Å². The second-order valence-corrected chi connectivity index (χ2v) is 8.05. The first kappa shape index (κ1) is 23.4. The molecular formula is C23H23F3N6O2. The molecule has 2 amide bonds. The average Bonchev–Trinajstić information content (AvgIpc) is 3.34. The summed E-state index contributed by atoms with van der Waals surface area (Å²) in [6.45, 7) is 0.938. The minimum atomic E-state index is -4.56. The molecule has 0 radical (unpaired) electrons. The van der Waals surface area contributed by atoms with Gasteiger partial charge in [-0.1, -0.05) is 18.2 Å². The van der Waals surface area contributed by atoms with Crippen molar-refractivity contribution in [3.05, 3.63) is 66.7 Å². The SMILES string of the molecule is O=C(CN1CCCC(C(=O)Nc2ccccc2)C1)Nc1cc(C(F)(F)F)ccc1-n1cncn1. The highest BCUT2D eigenvalue weighted by Gasteiger charge is 2.32. The largest absolute Gasteiger partial charge is 0.416 e. The van der Waals surface area contributed by atoms with Gasteiger partial charge in [-0.3, -0.25) is 14.5 Å². The second kappa shape index (κ2) is 10.0. The summed E-state index contributed by atoms with van der Waals surface area (Å²) in [6, 6.07) is 12.1. The molecule has 1 aromatic heterocycles. The Morgan fingerprint density at radius 3 is 2.59 bits per heavy atom. The molecule has 2 aromatic carbocycles. The topological polar surface area (TPSA) is 92.2 Å². The fraction of sp³-hybridized carbons (Fsp3) is 0.304. The minimum Gasteiger partial charge on any atom is -0.326 e. The highest BCUT2D eigenvalue weighted by Crippen LogP contribution is 2.33. The van der Waals surface area contributed by atoms with E-state index < -0.39 is 17.6 Å². The zero-order valence-electron chi connectivity index (χ0n) is 18.1. The number of nitrogens with one attached hydrogen (secondary N) is 2. The van der Waals surface area contributed by atoms with Crippen molar-refractivity contribution in [1.29, 1.82) is 0 Å². The van der Waals surface area contributed by atoms with Gasteiger partial charge >= 0.3 is 6.18 Å². The number of benzene rings is 2. The lowest BCUT2D eigenvalue weighted by molar-refractivity contribution is -0.137. The summed E-state index contributed by atoms with van der Waals surface area (Å²) < 4.78 is 41.0. The van der Waals surface area contributed by atoms with E-state index in [1.807, 2.05) is 23.1 Å². The van der Waals surface area contributed by atoms with Crippen LogP contribution < -0.4 is 10.6 Å². The summed E-state index contributed by atoms with van der Waals surface area (Å²) in [4.78, 5) is 31.0. The molecular weight excluding hydrogens is 449 g/mol. The van der Waals surface area contributed by atoms with Gasteiger partial charge in [0.2, 0.25) is 11.8 Å². The standard InChI is InChI=1S/C23H23F3N6O2/c24-23(25,26)17-8-9-20(32-15-27-14-28-32)19(11-17)30-21(33)13-31-10-4-5-16(12-31)22(34)29-18-6-2-1-3-7-18/h1-3,6-9,11,14-16H,4-5,10,12-13H2,(H,29,34)(H,30,33). The van der Waals surface area contributed by atoms with Crippen LogP contribution in [0, 0.1) is 5.92 Å². The summed E-state index contributed by atoms with van der Waals surface area (Å²) in [6.07, 6.45) is -0.558. The molecule has 34 heavy (non-hydrogen) atoms. The van der Waals surface area contributed by atoms with Crippen molar-refractivity contribution in [1.82, 2.24) is 19.7 Å². The van der Waals surface area contributed by atoms with Crippen LogP contribution in [0.25, 0.3) is 5.69 Å². The Morgan fingerprint density at radius 2 is 1.88 bits per heavy atom. The van der Waals surface area contributed by atoms with Gasteiger partial charge in [-0.05, 0) is 49.7 Å². The van der Waals surface area contributed by atoms with Gasteiger partial charge < -0.3 is 10.6 Å². The predicted molar refractivity (Wildman–Crippen MR) is 119 cm³/mol. The number of piperidine rings is 1. The molecule has 0 spiro atoms. The van der Waals surface area contributed by atoms with Gasteiger partial charge in [0.05, 0.1) is 29.4 Å². The number of aromatic nitrogens is 3. The molecule has 178 valence electrons. The lowest BCUT2D eigenvalue weighted by Crippen LogP contribution is -2.44. The Morgan fingerprint density at radius 1 is 1.09 bits per heavy atom. The third-order valence-electron chi connectivity index (χ3n) is 5.55. The molecule has 1 saturated heterocycles. The maximum absolute atomic E-state index is 13.2. The van der Waals surface area contributed by atoms with Crippen LogP contribution in [0.4, 0.5) is 24.5 Å². The fourth-order valence-electron chi connectivity index (χ4n) is 3.92. The maximum Gasteiger partial charge on any atom is 0.416 e. The monoisotopic (exact) mass is 472 g/mol. The minimum absolute atomic E-state index is 0.0271. The van der Waals surface area contributed by atoms with Crippen LogP contribution in [0.3, 0.4) is 0 Å². The number of hydrogen-bond donors (Lipinski definition) is 2. The fourth-order valence-corrected chi connectivity index (χ4v) is 3.92. The lowest BCUT2D eigenvalue weighted by atomic mass is 9.97. The molecule has 3 aromatic rings. The number of rotatable bonds is 6. The zero-order chi connectivity index (χ0) is 24.1. The van der Waals surface area contributed by atoms with Gasteiger partial charge in [0.1, 0.15) is 12.7 Å². The molecule has 1 fully saturated rings. The normalized spacial score (nSPS) is 16.7. The second-order valence-electron chi connectivity index (χ2n) is 8.05. The molecule has 11 heteroatoms.